The lowest BCUT2D eigenvalue weighted by atomic mass is 10.1. The lowest BCUT2D eigenvalue weighted by Gasteiger charge is -2.34. The minimum Gasteiger partial charge on any atom is -0.454 e. The van der Waals surface area contributed by atoms with Crippen molar-refractivity contribution in [3.63, 3.8) is 0 Å². The number of benzene rings is 1. The Balaban J connectivity index is 1.40. The first-order valence-electron chi connectivity index (χ1n) is 8.84. The van der Waals surface area contributed by atoms with Gasteiger partial charge < -0.3 is 14.8 Å². The first-order chi connectivity index (χ1) is 11.7. The molecule has 0 aliphatic carbocycles. The number of unbranched alkanes of at least 4 members (excludes halogenated alkanes) is 1. The molecule has 1 N–H and O–H groups in total. The van der Waals surface area contributed by atoms with Crippen LogP contribution >= 0.6 is 0 Å². The van der Waals surface area contributed by atoms with E-state index in [0.29, 0.717) is 13.3 Å². The summed E-state index contributed by atoms with van der Waals surface area (Å²) < 4.78 is 10.8. The van der Waals surface area contributed by atoms with Crippen molar-refractivity contribution in [2.45, 2.75) is 26.3 Å². The molecule has 2 aliphatic rings. The predicted octanol–water partition coefficient (Wildman–Crippen LogP) is 1.45. The highest BCUT2D eigenvalue weighted by atomic mass is 16.7. The number of fused-ring (bicyclic) bond motifs is 1. The number of hydrogen-bond acceptors (Lipinski definition) is 5. The Labute approximate surface area is 143 Å². The lowest BCUT2D eigenvalue weighted by Crippen LogP contribution is -2.49. The van der Waals surface area contributed by atoms with E-state index in [4.69, 9.17) is 9.47 Å². The Bertz CT molecular complexity index is 556. The molecule has 0 atom stereocenters. The van der Waals surface area contributed by atoms with Gasteiger partial charge in [-0.3, -0.25) is 14.6 Å². The Hall–Kier alpha value is -1.79. The SMILES string of the molecule is CCCCNC(=O)CN1CCN(Cc2ccc3c(c2)OCO3)CC1. The molecule has 1 amide bonds. The zero-order chi connectivity index (χ0) is 16.8. The largest absolute Gasteiger partial charge is 0.454 e. The van der Waals surface area contributed by atoms with Gasteiger partial charge in [-0.25, -0.2) is 0 Å². The number of carbonyl (C=O) groups excluding carboxylic acids is 1. The van der Waals surface area contributed by atoms with E-state index in [-0.39, 0.29) is 5.91 Å². The second-order valence-electron chi connectivity index (χ2n) is 6.44. The van der Waals surface area contributed by atoms with Crippen molar-refractivity contribution < 1.29 is 14.3 Å². The third-order valence-electron chi connectivity index (χ3n) is 4.53. The third kappa shape index (κ3) is 4.61. The molecule has 6 nitrogen and oxygen atoms in total. The highest BCUT2D eigenvalue weighted by Crippen LogP contribution is 2.32. The van der Waals surface area contributed by atoms with Gasteiger partial charge in [0.2, 0.25) is 12.7 Å². The summed E-state index contributed by atoms with van der Waals surface area (Å²) in [5, 5.41) is 2.99. The van der Waals surface area contributed by atoms with Gasteiger partial charge in [0, 0.05) is 39.3 Å². The van der Waals surface area contributed by atoms with Gasteiger partial charge in [-0.2, -0.15) is 0 Å². The second kappa shape index (κ2) is 8.35. The molecule has 6 heteroatoms. The fourth-order valence-electron chi connectivity index (χ4n) is 3.07. The minimum atomic E-state index is 0.146. The van der Waals surface area contributed by atoms with E-state index in [0.717, 1.165) is 63.6 Å². The predicted molar refractivity (Wildman–Crippen MR) is 92.2 cm³/mol. The zero-order valence-corrected chi connectivity index (χ0v) is 14.4. The molecule has 1 saturated heterocycles. The molecule has 0 saturated carbocycles. The normalized spacial score (nSPS) is 17.9. The van der Waals surface area contributed by atoms with E-state index in [2.05, 4.69) is 34.2 Å². The van der Waals surface area contributed by atoms with Crippen molar-refractivity contribution in [2.75, 3.05) is 46.1 Å². The average Bonchev–Trinajstić information content (AvgIpc) is 3.05. The number of ether oxygens (including phenoxy) is 2. The summed E-state index contributed by atoms with van der Waals surface area (Å²) in [4.78, 5) is 16.5. The number of carbonyl (C=O) groups is 1. The lowest BCUT2D eigenvalue weighted by molar-refractivity contribution is -0.122. The van der Waals surface area contributed by atoms with Crippen molar-refractivity contribution in [3.8, 4) is 11.5 Å². The van der Waals surface area contributed by atoms with Gasteiger partial charge in [-0.15, -0.1) is 0 Å². The van der Waals surface area contributed by atoms with Crippen LogP contribution < -0.4 is 14.8 Å². The maximum atomic E-state index is 11.9. The molecule has 1 fully saturated rings. The van der Waals surface area contributed by atoms with Crippen LogP contribution in [0.1, 0.15) is 25.3 Å². The molecule has 132 valence electrons. The van der Waals surface area contributed by atoms with E-state index in [1.807, 2.05) is 6.07 Å². The van der Waals surface area contributed by atoms with E-state index in [1.54, 1.807) is 0 Å². The van der Waals surface area contributed by atoms with Crippen LogP contribution in [0, 0.1) is 0 Å². The first kappa shape index (κ1) is 17.0. The Morgan fingerprint density at radius 2 is 1.88 bits per heavy atom. The zero-order valence-electron chi connectivity index (χ0n) is 14.4. The van der Waals surface area contributed by atoms with Crippen LogP contribution in [0.25, 0.3) is 0 Å². The van der Waals surface area contributed by atoms with Gasteiger partial charge in [0.15, 0.2) is 11.5 Å². The standard InChI is InChI=1S/C18H27N3O3/c1-2-3-6-19-18(22)13-21-9-7-20(8-10-21)12-15-4-5-16-17(11-15)24-14-23-16/h4-5,11H,2-3,6-10,12-14H2,1H3,(H,19,22). The summed E-state index contributed by atoms with van der Waals surface area (Å²) >= 11 is 0. The molecule has 0 aromatic heterocycles. The Kier molecular flexibility index (Phi) is 5.93. The van der Waals surface area contributed by atoms with Crippen LogP contribution in [0.5, 0.6) is 11.5 Å². The monoisotopic (exact) mass is 333 g/mol. The van der Waals surface area contributed by atoms with Gasteiger partial charge in [-0.1, -0.05) is 19.4 Å². The van der Waals surface area contributed by atoms with Crippen molar-refractivity contribution in [1.82, 2.24) is 15.1 Å². The van der Waals surface area contributed by atoms with Gasteiger partial charge in [0.25, 0.3) is 0 Å². The highest BCUT2D eigenvalue weighted by molar-refractivity contribution is 5.77. The minimum absolute atomic E-state index is 0.146. The van der Waals surface area contributed by atoms with Crippen LogP contribution in [0.4, 0.5) is 0 Å². The van der Waals surface area contributed by atoms with Crippen molar-refractivity contribution >= 4 is 5.91 Å². The first-order valence-corrected chi connectivity index (χ1v) is 8.84. The van der Waals surface area contributed by atoms with E-state index in [9.17, 15) is 4.79 Å². The van der Waals surface area contributed by atoms with Gasteiger partial charge in [0.05, 0.1) is 6.54 Å². The third-order valence-corrected chi connectivity index (χ3v) is 4.53. The quantitative estimate of drug-likeness (QED) is 0.766. The molecule has 2 aliphatic heterocycles. The van der Waals surface area contributed by atoms with Gasteiger partial charge in [0.1, 0.15) is 0 Å². The van der Waals surface area contributed by atoms with Crippen LogP contribution in [0.2, 0.25) is 0 Å². The smallest absolute Gasteiger partial charge is 0.234 e. The fraction of sp³-hybridized carbons (Fsp3) is 0.611. The topological polar surface area (TPSA) is 54.0 Å². The maximum Gasteiger partial charge on any atom is 0.234 e. The average molecular weight is 333 g/mol. The number of amides is 1. The number of rotatable bonds is 7. The van der Waals surface area contributed by atoms with Crippen LogP contribution in [0.3, 0.4) is 0 Å². The van der Waals surface area contributed by atoms with Crippen molar-refractivity contribution in [3.05, 3.63) is 23.8 Å². The molecule has 2 heterocycles. The summed E-state index contributed by atoms with van der Waals surface area (Å²) in [5.41, 5.74) is 1.24. The maximum absolute atomic E-state index is 11.9. The number of nitrogens with zero attached hydrogens (tertiary/aromatic N) is 2. The molecule has 3 rings (SSSR count). The molecule has 0 unspecified atom stereocenters. The van der Waals surface area contributed by atoms with Gasteiger partial charge >= 0.3 is 0 Å². The summed E-state index contributed by atoms with van der Waals surface area (Å²) in [6.07, 6.45) is 2.16. The molecule has 1 aromatic carbocycles. The fourth-order valence-corrected chi connectivity index (χ4v) is 3.07. The number of hydrogen-bond donors (Lipinski definition) is 1. The Morgan fingerprint density at radius 1 is 1.12 bits per heavy atom. The summed E-state index contributed by atoms with van der Waals surface area (Å²) in [6, 6.07) is 6.14. The van der Waals surface area contributed by atoms with Crippen LogP contribution in [-0.2, 0) is 11.3 Å². The molecule has 0 radical (unpaired) electrons. The van der Waals surface area contributed by atoms with Crippen molar-refractivity contribution in [1.29, 1.82) is 0 Å². The summed E-state index contributed by atoms with van der Waals surface area (Å²) in [7, 11) is 0. The summed E-state index contributed by atoms with van der Waals surface area (Å²) in [6.45, 7) is 8.50. The molecule has 0 bridgehead atoms. The van der Waals surface area contributed by atoms with Gasteiger partial charge in [-0.05, 0) is 24.1 Å². The van der Waals surface area contributed by atoms with E-state index < -0.39 is 0 Å². The molecule has 1 aromatic rings. The Morgan fingerprint density at radius 3 is 2.67 bits per heavy atom. The van der Waals surface area contributed by atoms with E-state index >= 15 is 0 Å². The van der Waals surface area contributed by atoms with E-state index in [1.165, 1.54) is 5.56 Å². The summed E-state index contributed by atoms with van der Waals surface area (Å²) in [5.74, 6) is 1.82. The highest BCUT2D eigenvalue weighted by Gasteiger charge is 2.20. The second-order valence-corrected chi connectivity index (χ2v) is 6.44. The molecular formula is C18H27N3O3. The van der Waals surface area contributed by atoms with Crippen molar-refractivity contribution in [2.24, 2.45) is 0 Å². The molecule has 24 heavy (non-hydrogen) atoms. The molecule has 0 spiro atoms. The van der Waals surface area contributed by atoms with Crippen LogP contribution in [-0.4, -0.2) is 61.8 Å². The van der Waals surface area contributed by atoms with Crippen LogP contribution in [0.15, 0.2) is 18.2 Å². The number of piperazine rings is 1. The molecular weight excluding hydrogens is 306 g/mol. The number of nitrogens with one attached hydrogen (secondary N) is 1.